The van der Waals surface area contributed by atoms with Gasteiger partial charge in [-0.25, -0.2) is 4.79 Å². The molecule has 0 fully saturated rings. The van der Waals surface area contributed by atoms with Crippen LogP contribution in [-0.2, 0) is 20.7 Å². The molecule has 1 aromatic rings. The molecule has 0 aliphatic heterocycles. The van der Waals surface area contributed by atoms with Crippen molar-refractivity contribution in [1.29, 1.82) is 0 Å². The van der Waals surface area contributed by atoms with E-state index in [1.165, 1.54) is 23.1 Å². The summed E-state index contributed by atoms with van der Waals surface area (Å²) in [5.41, 5.74) is 1.18. The van der Waals surface area contributed by atoms with Gasteiger partial charge >= 0.3 is 11.9 Å². The van der Waals surface area contributed by atoms with Crippen LogP contribution in [0.5, 0.6) is 0 Å². The van der Waals surface area contributed by atoms with Gasteiger partial charge in [0.25, 0.3) is 0 Å². The van der Waals surface area contributed by atoms with Crippen molar-refractivity contribution in [3.05, 3.63) is 16.0 Å². The number of thiophene rings is 1. The Bertz CT molecular complexity index is 660. The Kier molecular flexibility index (Phi) is 6.09. The van der Waals surface area contributed by atoms with Gasteiger partial charge in [-0.1, -0.05) is 13.8 Å². The first-order valence-corrected chi connectivity index (χ1v) is 9.73. The molecule has 1 aliphatic carbocycles. The number of carbonyl (C=O) groups excluding carboxylic acids is 3. The lowest BCUT2D eigenvalue weighted by molar-refractivity contribution is -0.139. The molecular weight excluding hydrogens is 348 g/mol. The van der Waals surface area contributed by atoms with E-state index >= 15 is 0 Å². The molecular formula is C17H22O5S2. The minimum atomic E-state index is -0.396. The van der Waals surface area contributed by atoms with Crippen LogP contribution in [0.1, 0.15) is 59.7 Å². The van der Waals surface area contributed by atoms with Gasteiger partial charge < -0.3 is 9.47 Å². The molecule has 132 valence electrons. The third-order valence-corrected chi connectivity index (χ3v) is 6.09. The van der Waals surface area contributed by atoms with Crippen molar-refractivity contribution in [2.75, 3.05) is 19.0 Å². The first-order chi connectivity index (χ1) is 11.3. The second-order valence-electron chi connectivity index (χ2n) is 6.33. The molecule has 1 aliphatic rings. The van der Waals surface area contributed by atoms with Crippen molar-refractivity contribution in [3.63, 3.8) is 0 Å². The number of rotatable bonds is 6. The fraction of sp³-hybridized carbons (Fsp3) is 0.588. The molecule has 0 unspecified atom stereocenters. The van der Waals surface area contributed by atoms with E-state index in [0.29, 0.717) is 34.1 Å². The standard InChI is InChI=1S/C17H22O5S2/c1-5-21-12(19)9-23-16-13-10(7-17(3,4)8-11(13)18)14(24-16)15(20)22-6-2/h5-9H2,1-4H3. The van der Waals surface area contributed by atoms with Gasteiger partial charge in [0.15, 0.2) is 5.78 Å². The minimum absolute atomic E-state index is 0.0272. The monoisotopic (exact) mass is 370 g/mol. The maximum absolute atomic E-state index is 12.6. The number of esters is 2. The molecule has 5 nitrogen and oxygen atoms in total. The summed E-state index contributed by atoms with van der Waals surface area (Å²) in [6, 6.07) is 0. The van der Waals surface area contributed by atoms with Crippen LogP contribution in [-0.4, -0.2) is 36.7 Å². The van der Waals surface area contributed by atoms with Gasteiger partial charge in [-0.05, 0) is 31.2 Å². The van der Waals surface area contributed by atoms with E-state index < -0.39 is 5.97 Å². The number of hydrogen-bond acceptors (Lipinski definition) is 7. The average molecular weight is 370 g/mol. The van der Waals surface area contributed by atoms with Crippen LogP contribution >= 0.6 is 23.1 Å². The van der Waals surface area contributed by atoms with E-state index in [-0.39, 0.29) is 29.5 Å². The second-order valence-corrected chi connectivity index (χ2v) is 8.59. The molecule has 2 rings (SSSR count). The van der Waals surface area contributed by atoms with Crippen LogP contribution in [0, 0.1) is 5.41 Å². The number of fused-ring (bicyclic) bond motifs is 1. The molecule has 1 heterocycles. The quantitative estimate of drug-likeness (QED) is 0.561. The maximum atomic E-state index is 12.6. The molecule has 0 amide bonds. The fourth-order valence-electron chi connectivity index (χ4n) is 2.75. The third kappa shape index (κ3) is 4.19. The highest BCUT2D eigenvalue weighted by Crippen LogP contribution is 2.45. The van der Waals surface area contributed by atoms with Crippen LogP contribution < -0.4 is 0 Å². The van der Waals surface area contributed by atoms with Gasteiger partial charge in [-0.3, -0.25) is 9.59 Å². The van der Waals surface area contributed by atoms with Crippen molar-refractivity contribution in [3.8, 4) is 0 Å². The Morgan fingerprint density at radius 1 is 1.17 bits per heavy atom. The topological polar surface area (TPSA) is 69.7 Å². The first kappa shape index (κ1) is 19.0. The molecule has 0 N–H and O–H groups in total. The molecule has 24 heavy (non-hydrogen) atoms. The lowest BCUT2D eigenvalue weighted by atomic mass is 9.74. The van der Waals surface area contributed by atoms with E-state index in [1.807, 2.05) is 13.8 Å². The second kappa shape index (κ2) is 7.70. The summed E-state index contributed by atoms with van der Waals surface area (Å²) >= 11 is 2.51. The van der Waals surface area contributed by atoms with Crippen molar-refractivity contribution >= 4 is 40.8 Å². The van der Waals surface area contributed by atoms with Crippen LogP contribution in [0.4, 0.5) is 0 Å². The largest absolute Gasteiger partial charge is 0.465 e. The number of carbonyl (C=O) groups is 3. The zero-order valence-corrected chi connectivity index (χ0v) is 16.0. The van der Waals surface area contributed by atoms with Gasteiger partial charge in [0.05, 0.1) is 23.2 Å². The summed E-state index contributed by atoms with van der Waals surface area (Å²) in [6.45, 7) is 8.15. The Labute approximate surface area is 150 Å². The summed E-state index contributed by atoms with van der Waals surface area (Å²) in [5.74, 6) is -0.572. The van der Waals surface area contributed by atoms with Crippen LogP contribution in [0.25, 0.3) is 0 Å². The van der Waals surface area contributed by atoms with Crippen molar-refractivity contribution in [2.24, 2.45) is 5.41 Å². The van der Waals surface area contributed by atoms with E-state index in [1.54, 1.807) is 13.8 Å². The van der Waals surface area contributed by atoms with Crippen LogP contribution in [0.3, 0.4) is 0 Å². The van der Waals surface area contributed by atoms with Crippen molar-refractivity contribution in [2.45, 2.75) is 44.7 Å². The number of ketones is 1. The van der Waals surface area contributed by atoms with Gasteiger partial charge in [-0.15, -0.1) is 23.1 Å². The smallest absolute Gasteiger partial charge is 0.348 e. The summed E-state index contributed by atoms with van der Waals surface area (Å²) in [7, 11) is 0. The number of Topliss-reactive ketones (excluding diaryl/α,β-unsaturated/α-hetero) is 1. The molecule has 1 aromatic heterocycles. The number of thioether (sulfide) groups is 1. The van der Waals surface area contributed by atoms with Gasteiger partial charge in [0.2, 0.25) is 0 Å². The Hall–Kier alpha value is -1.34. The highest BCUT2D eigenvalue weighted by molar-refractivity contribution is 8.01. The molecule has 0 aromatic carbocycles. The SMILES string of the molecule is CCOC(=O)CSc1sc(C(=O)OCC)c2c1C(=O)CC(C)(C)C2. The maximum Gasteiger partial charge on any atom is 0.348 e. The van der Waals surface area contributed by atoms with Gasteiger partial charge in [0.1, 0.15) is 4.88 Å². The van der Waals surface area contributed by atoms with Crippen LogP contribution in [0.2, 0.25) is 0 Å². The average Bonchev–Trinajstić information content (AvgIpc) is 2.83. The predicted octanol–water partition coefficient (Wildman–Crippen LogP) is 3.74. The molecule has 0 radical (unpaired) electrons. The third-order valence-electron chi connectivity index (χ3n) is 3.64. The number of hydrogen-bond donors (Lipinski definition) is 0. The molecule has 0 saturated heterocycles. The summed E-state index contributed by atoms with van der Waals surface area (Å²) in [4.78, 5) is 37.0. The van der Waals surface area contributed by atoms with Gasteiger partial charge in [-0.2, -0.15) is 0 Å². The molecule has 7 heteroatoms. The zero-order valence-electron chi connectivity index (χ0n) is 14.4. The van der Waals surface area contributed by atoms with Crippen LogP contribution in [0.15, 0.2) is 4.21 Å². The molecule has 0 bridgehead atoms. The first-order valence-electron chi connectivity index (χ1n) is 7.93. The lowest BCUT2D eigenvalue weighted by Gasteiger charge is -2.29. The zero-order chi connectivity index (χ0) is 17.9. The Morgan fingerprint density at radius 3 is 2.46 bits per heavy atom. The molecule has 0 atom stereocenters. The summed E-state index contributed by atoms with van der Waals surface area (Å²) < 4.78 is 10.8. The summed E-state index contributed by atoms with van der Waals surface area (Å²) in [6.07, 6.45) is 1.09. The number of ether oxygens (including phenoxy) is 2. The van der Waals surface area contributed by atoms with E-state index in [0.717, 1.165) is 5.56 Å². The highest BCUT2D eigenvalue weighted by Gasteiger charge is 2.38. The van der Waals surface area contributed by atoms with Gasteiger partial charge in [0, 0.05) is 12.0 Å². The van der Waals surface area contributed by atoms with Crippen molar-refractivity contribution in [1.82, 2.24) is 0 Å². The lowest BCUT2D eigenvalue weighted by Crippen LogP contribution is -2.27. The van der Waals surface area contributed by atoms with E-state index in [9.17, 15) is 14.4 Å². The Morgan fingerprint density at radius 2 is 1.83 bits per heavy atom. The minimum Gasteiger partial charge on any atom is -0.465 e. The highest BCUT2D eigenvalue weighted by atomic mass is 32.2. The molecule has 0 saturated carbocycles. The van der Waals surface area contributed by atoms with Crippen molar-refractivity contribution < 1.29 is 23.9 Å². The van der Waals surface area contributed by atoms with E-state index in [2.05, 4.69) is 0 Å². The predicted molar refractivity (Wildman–Crippen MR) is 94.1 cm³/mol. The van der Waals surface area contributed by atoms with E-state index in [4.69, 9.17) is 9.47 Å². The Balaban J connectivity index is 2.37. The molecule has 0 spiro atoms. The fourth-order valence-corrected chi connectivity index (χ4v) is 5.09. The normalized spacial score (nSPS) is 15.8. The summed E-state index contributed by atoms with van der Waals surface area (Å²) in [5, 5.41) is 0.